The molecule has 0 aromatic heterocycles. The van der Waals surface area contributed by atoms with Crippen LogP contribution in [0.2, 0.25) is 5.02 Å². The number of nitrogens with one attached hydrogen (secondary N) is 1. The summed E-state index contributed by atoms with van der Waals surface area (Å²) in [6.07, 6.45) is 0.575. The molecule has 4 rings (SSSR count). The average Bonchev–Trinajstić information content (AvgIpc) is 3.24. The molecule has 2 amide bonds. The van der Waals surface area contributed by atoms with Crippen LogP contribution in [0.4, 0.5) is 5.69 Å². The van der Waals surface area contributed by atoms with Gasteiger partial charge in [0.2, 0.25) is 5.91 Å². The number of carbonyl (C=O) groups is 2. The van der Waals surface area contributed by atoms with Crippen LogP contribution in [0.5, 0.6) is 11.5 Å². The van der Waals surface area contributed by atoms with Gasteiger partial charge in [-0.2, -0.15) is 0 Å². The summed E-state index contributed by atoms with van der Waals surface area (Å²) in [5.41, 5.74) is 0.952. The van der Waals surface area contributed by atoms with Gasteiger partial charge >= 0.3 is 0 Å². The van der Waals surface area contributed by atoms with Crippen molar-refractivity contribution < 1.29 is 19.1 Å². The van der Waals surface area contributed by atoms with Gasteiger partial charge < -0.3 is 19.7 Å². The van der Waals surface area contributed by atoms with E-state index in [0.29, 0.717) is 36.0 Å². The molecule has 6 nitrogen and oxygen atoms in total. The molecule has 2 aliphatic rings. The second-order valence-electron chi connectivity index (χ2n) is 6.76. The minimum atomic E-state index is -0.722. The predicted octanol–water partition coefficient (Wildman–Crippen LogP) is 2.85. The Morgan fingerprint density at radius 2 is 1.96 bits per heavy atom. The molecule has 0 saturated carbocycles. The Kier molecular flexibility index (Phi) is 4.44. The summed E-state index contributed by atoms with van der Waals surface area (Å²) in [7, 11) is 1.59. The second kappa shape index (κ2) is 6.78. The Hall–Kier alpha value is -2.73. The number of benzene rings is 2. The van der Waals surface area contributed by atoms with Crippen LogP contribution in [0.3, 0.4) is 0 Å². The van der Waals surface area contributed by atoms with E-state index >= 15 is 0 Å². The summed E-state index contributed by atoms with van der Waals surface area (Å²) < 4.78 is 10.8. The lowest BCUT2D eigenvalue weighted by molar-refractivity contribution is -0.132. The molecule has 1 saturated heterocycles. The van der Waals surface area contributed by atoms with E-state index in [1.54, 1.807) is 36.3 Å². The van der Waals surface area contributed by atoms with Crippen molar-refractivity contribution >= 4 is 29.1 Å². The maximum absolute atomic E-state index is 12.7. The number of amides is 2. The van der Waals surface area contributed by atoms with E-state index in [2.05, 4.69) is 5.32 Å². The summed E-state index contributed by atoms with van der Waals surface area (Å²) in [6.45, 7) is 0.763. The third-order valence-corrected chi connectivity index (χ3v) is 5.48. The molecule has 1 N–H and O–H groups in total. The highest BCUT2D eigenvalue weighted by molar-refractivity contribution is 6.30. The molecule has 0 radical (unpaired) electrons. The largest absolute Gasteiger partial charge is 0.497 e. The molecule has 2 aromatic rings. The standard InChI is InChI=1S/C20H19ClN2O4/c1-26-15-6-7-17-16(10-15)20(19(25)22-17)8-9-23(12-20)18(24)11-27-14-4-2-13(21)3-5-14/h2-7,10H,8-9,11-12H2,1H3,(H,22,25). The van der Waals surface area contributed by atoms with Crippen LogP contribution in [-0.4, -0.2) is 43.5 Å². The molecule has 0 bridgehead atoms. The molecule has 1 spiro atoms. The molecule has 1 unspecified atom stereocenters. The molecule has 7 heteroatoms. The van der Waals surface area contributed by atoms with Gasteiger partial charge in [0, 0.05) is 23.8 Å². The normalized spacial score (nSPS) is 20.5. The highest BCUT2D eigenvalue weighted by atomic mass is 35.5. The van der Waals surface area contributed by atoms with Gasteiger partial charge in [-0.1, -0.05) is 11.6 Å². The fourth-order valence-electron chi connectivity index (χ4n) is 3.71. The quantitative estimate of drug-likeness (QED) is 0.877. The summed E-state index contributed by atoms with van der Waals surface area (Å²) in [5, 5.41) is 3.54. The molecule has 2 heterocycles. The number of likely N-dealkylation sites (tertiary alicyclic amines) is 1. The fraction of sp³-hybridized carbons (Fsp3) is 0.300. The lowest BCUT2D eigenvalue weighted by Gasteiger charge is -2.23. The van der Waals surface area contributed by atoms with E-state index in [-0.39, 0.29) is 18.4 Å². The van der Waals surface area contributed by atoms with Gasteiger partial charge in [-0.3, -0.25) is 9.59 Å². The second-order valence-corrected chi connectivity index (χ2v) is 7.19. The Morgan fingerprint density at radius 3 is 2.70 bits per heavy atom. The topological polar surface area (TPSA) is 67.9 Å². The molecular formula is C20H19ClN2O4. The first-order valence-electron chi connectivity index (χ1n) is 8.68. The summed E-state index contributed by atoms with van der Waals surface area (Å²) in [6, 6.07) is 12.4. The van der Waals surface area contributed by atoms with Crippen molar-refractivity contribution in [1.29, 1.82) is 0 Å². The Labute approximate surface area is 162 Å². The maximum atomic E-state index is 12.7. The number of anilines is 1. The first kappa shape index (κ1) is 17.7. The molecular weight excluding hydrogens is 368 g/mol. The molecule has 2 aliphatic heterocycles. The number of halogens is 1. The smallest absolute Gasteiger partial charge is 0.260 e. The SMILES string of the molecule is COc1ccc2c(c1)C1(CCN(C(=O)COc3ccc(Cl)cc3)C1)C(=O)N2. The van der Waals surface area contributed by atoms with Crippen LogP contribution in [0.25, 0.3) is 0 Å². The summed E-state index contributed by atoms with van der Waals surface area (Å²) in [4.78, 5) is 27.0. The van der Waals surface area contributed by atoms with Crippen LogP contribution in [0.15, 0.2) is 42.5 Å². The first-order chi connectivity index (χ1) is 13.0. The maximum Gasteiger partial charge on any atom is 0.260 e. The summed E-state index contributed by atoms with van der Waals surface area (Å²) >= 11 is 5.85. The van der Waals surface area contributed by atoms with Gasteiger partial charge in [0.05, 0.1) is 12.5 Å². The zero-order valence-electron chi connectivity index (χ0n) is 14.8. The van der Waals surface area contributed by atoms with E-state index in [1.165, 1.54) is 0 Å². The zero-order valence-corrected chi connectivity index (χ0v) is 15.6. The van der Waals surface area contributed by atoms with Crippen molar-refractivity contribution in [2.24, 2.45) is 0 Å². The zero-order chi connectivity index (χ0) is 19.0. The van der Waals surface area contributed by atoms with Crippen molar-refractivity contribution in [3.05, 3.63) is 53.1 Å². The molecule has 27 heavy (non-hydrogen) atoms. The first-order valence-corrected chi connectivity index (χ1v) is 9.06. The van der Waals surface area contributed by atoms with E-state index < -0.39 is 5.41 Å². The molecule has 1 fully saturated rings. The van der Waals surface area contributed by atoms with Crippen LogP contribution in [-0.2, 0) is 15.0 Å². The number of ether oxygens (including phenoxy) is 2. The number of fused-ring (bicyclic) bond motifs is 2. The van der Waals surface area contributed by atoms with Gasteiger partial charge in [0.25, 0.3) is 5.91 Å². The number of nitrogens with zero attached hydrogens (tertiary/aromatic N) is 1. The lowest BCUT2D eigenvalue weighted by atomic mass is 9.81. The van der Waals surface area contributed by atoms with Crippen molar-refractivity contribution in [2.45, 2.75) is 11.8 Å². The van der Waals surface area contributed by atoms with Crippen LogP contribution in [0, 0.1) is 0 Å². The highest BCUT2D eigenvalue weighted by Gasteiger charge is 2.52. The van der Waals surface area contributed by atoms with Crippen LogP contribution >= 0.6 is 11.6 Å². The molecule has 2 aromatic carbocycles. The number of hydrogen-bond donors (Lipinski definition) is 1. The van der Waals surface area contributed by atoms with Gasteiger partial charge in [-0.25, -0.2) is 0 Å². The molecule has 0 aliphatic carbocycles. The van der Waals surface area contributed by atoms with Gasteiger partial charge in [-0.05, 0) is 54.4 Å². The fourth-order valence-corrected chi connectivity index (χ4v) is 3.84. The number of methoxy groups -OCH3 is 1. The van der Waals surface area contributed by atoms with Gasteiger partial charge in [-0.15, -0.1) is 0 Å². The average molecular weight is 387 g/mol. The van der Waals surface area contributed by atoms with Crippen LogP contribution < -0.4 is 14.8 Å². The Bertz CT molecular complexity index is 899. The predicted molar refractivity (Wildman–Crippen MR) is 101 cm³/mol. The third kappa shape index (κ3) is 3.10. The minimum Gasteiger partial charge on any atom is -0.497 e. The third-order valence-electron chi connectivity index (χ3n) is 5.22. The number of hydrogen-bond acceptors (Lipinski definition) is 4. The lowest BCUT2D eigenvalue weighted by Crippen LogP contribution is -2.40. The molecule has 140 valence electrons. The number of rotatable bonds is 4. The number of carbonyl (C=O) groups excluding carboxylic acids is 2. The van der Waals surface area contributed by atoms with Crippen molar-refractivity contribution in [3.63, 3.8) is 0 Å². The van der Waals surface area contributed by atoms with Gasteiger partial charge in [0.15, 0.2) is 6.61 Å². The Balaban J connectivity index is 1.47. The van der Waals surface area contributed by atoms with Gasteiger partial charge in [0.1, 0.15) is 11.5 Å². The highest BCUT2D eigenvalue weighted by Crippen LogP contribution is 2.45. The van der Waals surface area contributed by atoms with E-state index in [4.69, 9.17) is 21.1 Å². The Morgan fingerprint density at radius 1 is 1.22 bits per heavy atom. The minimum absolute atomic E-state index is 0.0697. The monoisotopic (exact) mass is 386 g/mol. The molecule has 1 atom stereocenters. The van der Waals surface area contributed by atoms with Crippen molar-refractivity contribution in [2.75, 3.05) is 32.1 Å². The van der Waals surface area contributed by atoms with E-state index in [1.807, 2.05) is 18.2 Å². The van der Waals surface area contributed by atoms with E-state index in [0.717, 1.165) is 11.3 Å². The van der Waals surface area contributed by atoms with E-state index in [9.17, 15) is 9.59 Å². The van der Waals surface area contributed by atoms with Crippen molar-refractivity contribution in [1.82, 2.24) is 4.90 Å². The van der Waals surface area contributed by atoms with Crippen LogP contribution in [0.1, 0.15) is 12.0 Å². The van der Waals surface area contributed by atoms with Crippen molar-refractivity contribution in [3.8, 4) is 11.5 Å². The summed E-state index contributed by atoms with van der Waals surface area (Å²) in [5.74, 6) is 1.06.